The molecule has 0 spiro atoms. The number of hydrogen-bond donors (Lipinski definition) is 1. The number of halogens is 3. The van der Waals surface area contributed by atoms with E-state index in [0.717, 1.165) is 19.0 Å². The molecule has 1 aliphatic carbocycles. The summed E-state index contributed by atoms with van der Waals surface area (Å²) < 4.78 is 36.8. The van der Waals surface area contributed by atoms with Crippen LogP contribution in [0.5, 0.6) is 0 Å². The van der Waals surface area contributed by atoms with Gasteiger partial charge in [0.15, 0.2) is 5.01 Å². The molecule has 1 aliphatic rings. The van der Waals surface area contributed by atoms with Gasteiger partial charge in [-0.05, 0) is 12.8 Å². The molecule has 2 nitrogen and oxygen atoms in total. The first-order valence-corrected chi connectivity index (χ1v) is 5.49. The number of hydrogen-bond acceptors (Lipinski definition) is 3. The van der Waals surface area contributed by atoms with E-state index in [4.69, 9.17) is 0 Å². The lowest BCUT2D eigenvalue weighted by Gasteiger charge is -2.19. The van der Waals surface area contributed by atoms with Gasteiger partial charge in [0.1, 0.15) is 5.60 Å². The molecule has 6 heteroatoms. The monoisotopic (exact) mass is 237 g/mol. The maximum atomic E-state index is 12.3. The lowest BCUT2D eigenvalue weighted by atomic mass is 10.0. The van der Waals surface area contributed by atoms with Crippen molar-refractivity contribution in [2.45, 2.75) is 37.5 Å². The molecule has 84 valence electrons. The first-order chi connectivity index (χ1) is 6.92. The van der Waals surface area contributed by atoms with Crippen LogP contribution in [-0.4, -0.2) is 10.1 Å². The van der Waals surface area contributed by atoms with Crippen LogP contribution >= 0.6 is 11.3 Å². The molecule has 1 aromatic heterocycles. The van der Waals surface area contributed by atoms with Crippen LogP contribution in [0.1, 0.15) is 35.6 Å². The smallest absolute Gasteiger partial charge is 0.384 e. The maximum Gasteiger partial charge on any atom is 0.443 e. The van der Waals surface area contributed by atoms with Crippen molar-refractivity contribution in [1.82, 2.24) is 4.98 Å². The molecule has 0 amide bonds. The molecule has 0 aliphatic heterocycles. The Morgan fingerprint density at radius 1 is 1.33 bits per heavy atom. The normalized spacial score (nSPS) is 20.8. The van der Waals surface area contributed by atoms with Crippen LogP contribution in [0.15, 0.2) is 6.20 Å². The number of thiazole rings is 1. The predicted molar refractivity (Wildman–Crippen MR) is 49.5 cm³/mol. The van der Waals surface area contributed by atoms with Crippen molar-refractivity contribution in [3.8, 4) is 0 Å². The number of aliphatic hydroxyl groups is 1. The van der Waals surface area contributed by atoms with Gasteiger partial charge in [-0.3, -0.25) is 0 Å². The standard InChI is InChI=1S/C9H10F3NOS/c10-9(11,12)7-13-5-6(15-7)8(14)3-1-2-4-8/h5,14H,1-4H2. The topological polar surface area (TPSA) is 33.1 Å². The molecule has 0 atom stereocenters. The Morgan fingerprint density at radius 2 is 1.93 bits per heavy atom. The van der Waals surface area contributed by atoms with E-state index in [1.165, 1.54) is 0 Å². The van der Waals surface area contributed by atoms with Gasteiger partial charge >= 0.3 is 6.18 Å². The van der Waals surface area contributed by atoms with Gasteiger partial charge in [-0.25, -0.2) is 4.98 Å². The van der Waals surface area contributed by atoms with Gasteiger partial charge in [-0.15, -0.1) is 11.3 Å². The van der Waals surface area contributed by atoms with Crippen LogP contribution in [0.4, 0.5) is 13.2 Å². The third kappa shape index (κ3) is 2.01. The minimum absolute atomic E-state index is 0.340. The predicted octanol–water partition coefficient (Wildman–Crippen LogP) is 2.92. The van der Waals surface area contributed by atoms with E-state index in [1.54, 1.807) is 0 Å². The van der Waals surface area contributed by atoms with E-state index in [2.05, 4.69) is 4.98 Å². The summed E-state index contributed by atoms with van der Waals surface area (Å²) >= 11 is 0.550. The third-order valence-corrected chi connectivity index (χ3v) is 3.87. The number of nitrogens with zero attached hydrogens (tertiary/aromatic N) is 1. The van der Waals surface area contributed by atoms with E-state index >= 15 is 0 Å². The molecule has 2 rings (SSSR count). The van der Waals surface area contributed by atoms with Gasteiger partial charge in [0, 0.05) is 6.20 Å². The van der Waals surface area contributed by atoms with Crippen molar-refractivity contribution in [3.05, 3.63) is 16.1 Å². The van der Waals surface area contributed by atoms with Crippen molar-refractivity contribution >= 4 is 11.3 Å². The Hall–Kier alpha value is -0.620. The summed E-state index contributed by atoms with van der Waals surface area (Å²) in [5.41, 5.74) is -1.07. The molecule has 1 aromatic rings. The van der Waals surface area contributed by atoms with Gasteiger partial charge in [0.05, 0.1) is 4.88 Å². The average Bonchev–Trinajstić information content (AvgIpc) is 2.69. The molecule has 1 N–H and O–H groups in total. The number of aromatic nitrogens is 1. The lowest BCUT2D eigenvalue weighted by molar-refractivity contribution is -0.137. The Labute approximate surface area is 88.8 Å². The van der Waals surface area contributed by atoms with Gasteiger partial charge in [-0.2, -0.15) is 13.2 Å². The second-order valence-electron chi connectivity index (χ2n) is 3.77. The summed E-state index contributed by atoms with van der Waals surface area (Å²) in [5, 5.41) is 9.17. The molecule has 0 unspecified atom stereocenters. The van der Waals surface area contributed by atoms with Crippen molar-refractivity contribution in [3.63, 3.8) is 0 Å². The van der Waals surface area contributed by atoms with Gasteiger partial charge in [0.25, 0.3) is 0 Å². The fourth-order valence-electron chi connectivity index (χ4n) is 1.83. The molecule has 15 heavy (non-hydrogen) atoms. The summed E-state index contributed by atoms with van der Waals surface area (Å²) in [5.74, 6) is 0. The van der Waals surface area contributed by atoms with Crippen LogP contribution in [0.2, 0.25) is 0 Å². The Kier molecular flexibility index (Phi) is 2.50. The summed E-state index contributed by atoms with van der Waals surface area (Å²) in [6, 6.07) is 0. The maximum absolute atomic E-state index is 12.3. The molecule has 1 fully saturated rings. The molecule has 1 heterocycles. The Morgan fingerprint density at radius 3 is 2.40 bits per heavy atom. The number of alkyl halides is 3. The minimum Gasteiger partial charge on any atom is -0.384 e. The SMILES string of the molecule is OC1(c2cnc(C(F)(F)F)s2)CCCC1. The summed E-state index contributed by atoms with van der Waals surface area (Å²) in [4.78, 5) is 3.65. The zero-order valence-corrected chi connectivity index (χ0v) is 8.66. The quantitative estimate of drug-likeness (QED) is 0.814. The Balaban J connectivity index is 2.27. The van der Waals surface area contributed by atoms with E-state index in [0.29, 0.717) is 29.1 Å². The molecular weight excluding hydrogens is 227 g/mol. The summed E-state index contributed by atoms with van der Waals surface area (Å²) in [6.07, 6.45) is -0.471. The highest BCUT2D eigenvalue weighted by Gasteiger charge is 2.39. The second-order valence-corrected chi connectivity index (χ2v) is 4.80. The summed E-state index contributed by atoms with van der Waals surface area (Å²) in [7, 11) is 0. The van der Waals surface area contributed by atoms with Crippen LogP contribution in [-0.2, 0) is 11.8 Å². The van der Waals surface area contributed by atoms with Crippen molar-refractivity contribution in [2.24, 2.45) is 0 Å². The molecule has 1 saturated carbocycles. The molecule has 0 radical (unpaired) electrons. The third-order valence-electron chi connectivity index (χ3n) is 2.64. The second kappa shape index (κ2) is 3.45. The minimum atomic E-state index is -4.40. The first kappa shape index (κ1) is 10.9. The van der Waals surface area contributed by atoms with Crippen LogP contribution in [0.25, 0.3) is 0 Å². The zero-order valence-electron chi connectivity index (χ0n) is 7.84. The highest BCUT2D eigenvalue weighted by Crippen LogP contribution is 2.43. The van der Waals surface area contributed by atoms with Gasteiger partial charge < -0.3 is 5.11 Å². The van der Waals surface area contributed by atoms with Crippen molar-refractivity contribution in [2.75, 3.05) is 0 Å². The largest absolute Gasteiger partial charge is 0.443 e. The average molecular weight is 237 g/mol. The molecular formula is C9H10F3NOS. The highest BCUT2D eigenvalue weighted by atomic mass is 32.1. The molecule has 0 saturated heterocycles. The van der Waals surface area contributed by atoms with Crippen molar-refractivity contribution < 1.29 is 18.3 Å². The van der Waals surface area contributed by atoms with E-state index in [9.17, 15) is 18.3 Å². The first-order valence-electron chi connectivity index (χ1n) is 4.68. The Bertz CT molecular complexity index is 354. The number of rotatable bonds is 1. The van der Waals surface area contributed by atoms with Crippen LogP contribution < -0.4 is 0 Å². The van der Waals surface area contributed by atoms with Gasteiger partial charge in [0.2, 0.25) is 0 Å². The zero-order chi connectivity index (χ0) is 11.1. The highest BCUT2D eigenvalue weighted by molar-refractivity contribution is 7.11. The van der Waals surface area contributed by atoms with Crippen LogP contribution in [0.3, 0.4) is 0 Å². The summed E-state index contributed by atoms with van der Waals surface area (Å²) in [6.45, 7) is 0. The molecule has 0 bridgehead atoms. The van der Waals surface area contributed by atoms with E-state index in [1.807, 2.05) is 0 Å². The van der Waals surface area contributed by atoms with Crippen LogP contribution in [0, 0.1) is 0 Å². The van der Waals surface area contributed by atoms with E-state index < -0.39 is 16.8 Å². The lowest BCUT2D eigenvalue weighted by Crippen LogP contribution is -2.18. The molecule has 0 aromatic carbocycles. The van der Waals surface area contributed by atoms with E-state index in [-0.39, 0.29) is 0 Å². The fraction of sp³-hybridized carbons (Fsp3) is 0.667. The van der Waals surface area contributed by atoms with Gasteiger partial charge in [-0.1, -0.05) is 12.8 Å². The fourth-order valence-corrected chi connectivity index (χ4v) is 2.76. The van der Waals surface area contributed by atoms with Crippen molar-refractivity contribution in [1.29, 1.82) is 0 Å².